The van der Waals surface area contributed by atoms with Crippen LogP contribution in [-0.2, 0) is 0 Å². The lowest BCUT2D eigenvalue weighted by Crippen LogP contribution is -2.46. The van der Waals surface area contributed by atoms with Gasteiger partial charge in [0.05, 0.1) is 0 Å². The van der Waals surface area contributed by atoms with E-state index in [1.807, 2.05) is 24.3 Å². The smallest absolute Gasteiger partial charge is 0.274 e. The van der Waals surface area contributed by atoms with Gasteiger partial charge in [0, 0.05) is 49.9 Å². The molecule has 1 aliphatic rings. The molecule has 1 aliphatic heterocycles. The third kappa shape index (κ3) is 4.09. The molecule has 0 aliphatic carbocycles. The van der Waals surface area contributed by atoms with Crippen LogP contribution in [0.25, 0.3) is 0 Å². The normalized spacial score (nSPS) is 14.0. The molecule has 1 saturated heterocycles. The van der Waals surface area contributed by atoms with Gasteiger partial charge in [-0.05, 0) is 42.5 Å². The molecule has 1 aromatic carbocycles. The number of carbonyl (C=O) groups is 1. The van der Waals surface area contributed by atoms with E-state index in [1.54, 1.807) is 30.6 Å². The molecule has 0 radical (unpaired) electrons. The number of aromatic nitrogens is 2. The molecule has 1 fully saturated rings. The van der Waals surface area contributed by atoms with Crippen molar-refractivity contribution < 1.29 is 9.18 Å². The summed E-state index contributed by atoms with van der Waals surface area (Å²) in [5, 5.41) is 2.68. The number of hydrogen-bond donors (Lipinski definition) is 1. The maximum atomic E-state index is 13.3. The van der Waals surface area contributed by atoms with Gasteiger partial charge in [-0.1, -0.05) is 12.1 Å². The van der Waals surface area contributed by atoms with Crippen LogP contribution in [0.2, 0.25) is 0 Å². The molecule has 0 saturated carbocycles. The van der Waals surface area contributed by atoms with E-state index in [4.69, 9.17) is 0 Å². The number of nitrogens with zero attached hydrogens (tertiary/aromatic N) is 4. The molecule has 6 nitrogen and oxygen atoms in total. The first kappa shape index (κ1) is 17.9. The molecule has 0 spiro atoms. The van der Waals surface area contributed by atoms with Crippen molar-refractivity contribution >= 4 is 23.1 Å². The molecule has 7 heteroatoms. The molecular weight excluding hydrogens is 357 g/mol. The highest BCUT2D eigenvalue weighted by Gasteiger charge is 2.19. The molecule has 1 amide bonds. The second kappa shape index (κ2) is 8.04. The summed E-state index contributed by atoms with van der Waals surface area (Å²) < 4.78 is 13.3. The van der Waals surface area contributed by atoms with Crippen molar-refractivity contribution in [1.29, 1.82) is 0 Å². The fraction of sp³-hybridized carbons (Fsp3) is 0.190. The van der Waals surface area contributed by atoms with Gasteiger partial charge >= 0.3 is 0 Å². The van der Waals surface area contributed by atoms with Gasteiger partial charge in [-0.25, -0.2) is 9.37 Å². The van der Waals surface area contributed by atoms with Crippen LogP contribution >= 0.6 is 0 Å². The molecule has 142 valence electrons. The zero-order chi connectivity index (χ0) is 19.3. The zero-order valence-corrected chi connectivity index (χ0v) is 15.3. The maximum Gasteiger partial charge on any atom is 0.274 e. The lowest BCUT2D eigenvalue weighted by Gasteiger charge is -2.36. The predicted octanol–water partition coefficient (Wildman–Crippen LogP) is 3.19. The van der Waals surface area contributed by atoms with Crippen molar-refractivity contribution in [3.8, 4) is 0 Å². The first-order valence-electron chi connectivity index (χ1n) is 9.13. The van der Waals surface area contributed by atoms with Crippen LogP contribution in [0.3, 0.4) is 0 Å². The number of benzene rings is 1. The fourth-order valence-corrected chi connectivity index (χ4v) is 3.24. The molecule has 3 aromatic rings. The number of nitrogens with one attached hydrogen (secondary N) is 1. The van der Waals surface area contributed by atoms with Gasteiger partial charge in [0.2, 0.25) is 0 Å². The Balaban J connectivity index is 1.42. The second-order valence-electron chi connectivity index (χ2n) is 6.53. The van der Waals surface area contributed by atoms with Crippen molar-refractivity contribution in [3.63, 3.8) is 0 Å². The van der Waals surface area contributed by atoms with E-state index < -0.39 is 5.82 Å². The topological polar surface area (TPSA) is 61.4 Å². The number of pyridine rings is 2. The minimum atomic E-state index is -0.398. The maximum absolute atomic E-state index is 13.3. The Labute approximate surface area is 162 Å². The zero-order valence-electron chi connectivity index (χ0n) is 15.3. The fourth-order valence-electron chi connectivity index (χ4n) is 3.24. The highest BCUT2D eigenvalue weighted by Crippen LogP contribution is 2.20. The van der Waals surface area contributed by atoms with Crippen LogP contribution in [0.1, 0.15) is 10.5 Å². The van der Waals surface area contributed by atoms with Crippen molar-refractivity contribution in [3.05, 3.63) is 78.5 Å². The van der Waals surface area contributed by atoms with E-state index >= 15 is 0 Å². The summed E-state index contributed by atoms with van der Waals surface area (Å²) in [6.07, 6.45) is 3.43. The summed E-state index contributed by atoms with van der Waals surface area (Å²) in [5.74, 6) is 0.219. The number of hydrogen-bond acceptors (Lipinski definition) is 5. The average molecular weight is 377 g/mol. The lowest BCUT2D eigenvalue weighted by molar-refractivity contribution is 0.102. The van der Waals surface area contributed by atoms with Gasteiger partial charge in [0.25, 0.3) is 5.91 Å². The number of piperazine rings is 1. The Hall–Kier alpha value is -3.48. The van der Waals surface area contributed by atoms with E-state index in [0.29, 0.717) is 11.4 Å². The van der Waals surface area contributed by atoms with Gasteiger partial charge in [-0.3, -0.25) is 9.78 Å². The SMILES string of the molecule is O=C(Nc1cccc(F)c1)c1cc(N2CCN(c3ccccn3)CC2)ccn1. The van der Waals surface area contributed by atoms with Gasteiger partial charge in [-0.2, -0.15) is 0 Å². The largest absolute Gasteiger partial charge is 0.368 e. The first-order chi connectivity index (χ1) is 13.7. The minimum absolute atomic E-state index is 0.300. The lowest BCUT2D eigenvalue weighted by atomic mass is 10.2. The predicted molar refractivity (Wildman–Crippen MR) is 107 cm³/mol. The van der Waals surface area contributed by atoms with Gasteiger partial charge in [-0.15, -0.1) is 0 Å². The van der Waals surface area contributed by atoms with E-state index in [2.05, 4.69) is 25.1 Å². The van der Waals surface area contributed by atoms with Crippen LogP contribution in [0.15, 0.2) is 67.0 Å². The van der Waals surface area contributed by atoms with Crippen LogP contribution in [0, 0.1) is 5.82 Å². The second-order valence-corrected chi connectivity index (χ2v) is 6.53. The van der Waals surface area contributed by atoms with Crippen LogP contribution in [-0.4, -0.2) is 42.1 Å². The van der Waals surface area contributed by atoms with Crippen LogP contribution in [0.4, 0.5) is 21.6 Å². The van der Waals surface area contributed by atoms with E-state index in [0.717, 1.165) is 37.7 Å². The summed E-state index contributed by atoms with van der Waals surface area (Å²) in [6.45, 7) is 3.35. The van der Waals surface area contributed by atoms with Crippen molar-refractivity contribution in [2.24, 2.45) is 0 Å². The van der Waals surface area contributed by atoms with E-state index in [9.17, 15) is 9.18 Å². The Kier molecular flexibility index (Phi) is 5.14. The van der Waals surface area contributed by atoms with Crippen molar-refractivity contribution in [1.82, 2.24) is 9.97 Å². The Morgan fingerprint density at radius 3 is 2.46 bits per heavy atom. The monoisotopic (exact) mass is 377 g/mol. The summed E-state index contributed by atoms with van der Waals surface area (Å²) in [6, 6.07) is 15.4. The molecule has 1 N–H and O–H groups in total. The van der Waals surface area contributed by atoms with Crippen LogP contribution in [0.5, 0.6) is 0 Å². The highest BCUT2D eigenvalue weighted by molar-refractivity contribution is 6.03. The molecule has 3 heterocycles. The molecule has 0 bridgehead atoms. The van der Waals surface area contributed by atoms with Gasteiger partial charge in [0.15, 0.2) is 0 Å². The summed E-state index contributed by atoms with van der Waals surface area (Å²) in [5.41, 5.74) is 1.65. The minimum Gasteiger partial charge on any atom is -0.368 e. The van der Waals surface area contributed by atoms with Crippen molar-refractivity contribution in [2.45, 2.75) is 0 Å². The number of amides is 1. The summed E-state index contributed by atoms with van der Waals surface area (Å²) in [7, 11) is 0. The summed E-state index contributed by atoms with van der Waals surface area (Å²) >= 11 is 0. The van der Waals surface area contributed by atoms with E-state index in [1.165, 1.54) is 12.1 Å². The Morgan fingerprint density at radius 1 is 0.893 bits per heavy atom. The first-order valence-corrected chi connectivity index (χ1v) is 9.13. The molecule has 28 heavy (non-hydrogen) atoms. The Morgan fingerprint density at radius 2 is 1.71 bits per heavy atom. The molecular formula is C21H20FN5O. The standard InChI is InChI=1S/C21H20FN5O/c22-16-4-3-5-17(14-16)25-21(28)19-15-18(7-9-23-19)26-10-12-27(13-11-26)20-6-1-2-8-24-20/h1-9,14-15H,10-13H2,(H,25,28). The average Bonchev–Trinajstić information content (AvgIpc) is 2.75. The number of carbonyl (C=O) groups excluding carboxylic acids is 1. The summed E-state index contributed by atoms with van der Waals surface area (Å²) in [4.78, 5) is 25.5. The number of anilines is 3. The highest BCUT2D eigenvalue weighted by atomic mass is 19.1. The number of halogens is 1. The van der Waals surface area contributed by atoms with Crippen LogP contribution < -0.4 is 15.1 Å². The van der Waals surface area contributed by atoms with Gasteiger partial charge in [0.1, 0.15) is 17.3 Å². The Bertz CT molecular complexity index is 958. The number of rotatable bonds is 4. The third-order valence-electron chi connectivity index (χ3n) is 4.68. The molecule has 0 unspecified atom stereocenters. The third-order valence-corrected chi connectivity index (χ3v) is 4.68. The quantitative estimate of drug-likeness (QED) is 0.757. The molecule has 0 atom stereocenters. The van der Waals surface area contributed by atoms with E-state index in [-0.39, 0.29) is 5.91 Å². The van der Waals surface area contributed by atoms with Crippen molar-refractivity contribution in [2.75, 3.05) is 41.3 Å². The molecule has 4 rings (SSSR count). The molecule has 2 aromatic heterocycles. The van der Waals surface area contributed by atoms with Gasteiger partial charge < -0.3 is 15.1 Å².